The van der Waals surface area contributed by atoms with Gasteiger partial charge in [-0.25, -0.2) is 0 Å². The van der Waals surface area contributed by atoms with Gasteiger partial charge in [0.15, 0.2) is 5.75 Å². The Balaban J connectivity index is 1.91. The van der Waals surface area contributed by atoms with Crippen molar-refractivity contribution in [3.63, 3.8) is 0 Å². The summed E-state index contributed by atoms with van der Waals surface area (Å²) in [5.41, 5.74) is 1.80. The van der Waals surface area contributed by atoms with E-state index in [1.54, 1.807) is 43.3 Å². The summed E-state index contributed by atoms with van der Waals surface area (Å²) in [6.45, 7) is 4.14. The van der Waals surface area contributed by atoms with Crippen LogP contribution in [0.25, 0.3) is 11.3 Å². The maximum Gasteiger partial charge on any atom is 0.261 e. The Labute approximate surface area is 172 Å². The van der Waals surface area contributed by atoms with E-state index in [0.29, 0.717) is 50.7 Å². The van der Waals surface area contributed by atoms with Crippen molar-refractivity contribution >= 4 is 34.8 Å². The maximum absolute atomic E-state index is 12.9. The highest BCUT2D eigenvalue weighted by Crippen LogP contribution is 2.38. The van der Waals surface area contributed by atoms with Crippen LogP contribution in [0.15, 0.2) is 40.9 Å². The molecule has 0 atom stereocenters. The second kappa shape index (κ2) is 8.54. The first-order chi connectivity index (χ1) is 13.4. The molecule has 3 aromatic rings. The van der Waals surface area contributed by atoms with Crippen LogP contribution >= 0.6 is 23.2 Å². The summed E-state index contributed by atoms with van der Waals surface area (Å²) < 4.78 is 15.8. The highest BCUT2D eigenvalue weighted by Gasteiger charge is 2.23. The number of anilines is 1. The topological polar surface area (TPSA) is 73.6 Å². The first kappa shape index (κ1) is 20.0. The summed E-state index contributed by atoms with van der Waals surface area (Å²) in [5.74, 6) is 1.10. The van der Waals surface area contributed by atoms with Crippen LogP contribution in [0.5, 0.6) is 11.5 Å². The normalized spacial score (nSPS) is 10.6. The molecule has 0 aliphatic rings. The van der Waals surface area contributed by atoms with Gasteiger partial charge >= 0.3 is 0 Å². The zero-order chi connectivity index (χ0) is 20.3. The molecule has 1 heterocycles. The molecule has 8 heteroatoms. The van der Waals surface area contributed by atoms with Gasteiger partial charge in [-0.15, -0.1) is 0 Å². The van der Waals surface area contributed by atoms with Gasteiger partial charge in [0.1, 0.15) is 22.8 Å². The molecule has 146 valence electrons. The standard InChI is InChI=1S/C20H18Cl2N2O4/c1-4-27-14-7-5-13(6-8-14)23-20(25)17-11(2)28-24-18(17)12-9-15(21)19(26-3)16(22)10-12/h5-10H,4H2,1-3H3,(H,23,25). The molecule has 1 amide bonds. The fourth-order valence-electron chi connectivity index (χ4n) is 2.72. The third kappa shape index (κ3) is 4.08. The summed E-state index contributed by atoms with van der Waals surface area (Å²) in [6.07, 6.45) is 0. The minimum atomic E-state index is -0.360. The molecule has 28 heavy (non-hydrogen) atoms. The fourth-order valence-corrected chi connectivity index (χ4v) is 3.36. The van der Waals surface area contributed by atoms with Gasteiger partial charge in [-0.05, 0) is 50.2 Å². The summed E-state index contributed by atoms with van der Waals surface area (Å²) in [7, 11) is 1.47. The third-order valence-corrected chi connectivity index (χ3v) is 4.55. The molecular formula is C20H18Cl2N2O4. The van der Waals surface area contributed by atoms with Crippen molar-refractivity contribution in [1.29, 1.82) is 0 Å². The number of carbonyl (C=O) groups is 1. The highest BCUT2D eigenvalue weighted by molar-refractivity contribution is 6.37. The number of methoxy groups -OCH3 is 1. The van der Waals surface area contributed by atoms with Crippen LogP contribution in [0.2, 0.25) is 10.0 Å². The molecule has 0 aliphatic carbocycles. The van der Waals surface area contributed by atoms with Crippen LogP contribution < -0.4 is 14.8 Å². The van der Waals surface area contributed by atoms with E-state index >= 15 is 0 Å². The zero-order valence-corrected chi connectivity index (χ0v) is 17.0. The van der Waals surface area contributed by atoms with Crippen molar-refractivity contribution in [2.24, 2.45) is 0 Å². The number of aryl methyl sites for hydroxylation is 1. The summed E-state index contributed by atoms with van der Waals surface area (Å²) >= 11 is 12.4. The Hall–Kier alpha value is -2.70. The first-order valence-corrected chi connectivity index (χ1v) is 9.24. The van der Waals surface area contributed by atoms with Crippen LogP contribution in [-0.2, 0) is 0 Å². The molecule has 1 N–H and O–H groups in total. The second-order valence-electron chi connectivity index (χ2n) is 5.85. The minimum Gasteiger partial charge on any atom is -0.494 e. The quantitative estimate of drug-likeness (QED) is 0.560. The van der Waals surface area contributed by atoms with Crippen molar-refractivity contribution in [2.45, 2.75) is 13.8 Å². The maximum atomic E-state index is 12.9. The molecular weight excluding hydrogens is 403 g/mol. The van der Waals surface area contributed by atoms with Crippen molar-refractivity contribution in [3.05, 3.63) is 57.8 Å². The van der Waals surface area contributed by atoms with Crippen LogP contribution in [-0.4, -0.2) is 24.8 Å². The molecule has 0 radical (unpaired) electrons. The number of carbonyl (C=O) groups excluding carboxylic acids is 1. The molecule has 0 saturated heterocycles. The monoisotopic (exact) mass is 420 g/mol. The van der Waals surface area contributed by atoms with Gasteiger partial charge in [0.05, 0.1) is 23.8 Å². The van der Waals surface area contributed by atoms with Gasteiger partial charge in [-0.2, -0.15) is 0 Å². The van der Waals surface area contributed by atoms with Crippen molar-refractivity contribution in [3.8, 4) is 22.8 Å². The van der Waals surface area contributed by atoms with Gasteiger partial charge in [0.25, 0.3) is 5.91 Å². The van der Waals surface area contributed by atoms with Crippen molar-refractivity contribution in [2.75, 3.05) is 19.0 Å². The van der Waals surface area contributed by atoms with E-state index in [0.717, 1.165) is 5.75 Å². The Morgan fingerprint density at radius 1 is 1.18 bits per heavy atom. The number of hydrogen-bond acceptors (Lipinski definition) is 5. The number of rotatable bonds is 6. The largest absolute Gasteiger partial charge is 0.494 e. The highest BCUT2D eigenvalue weighted by atomic mass is 35.5. The van der Waals surface area contributed by atoms with Crippen LogP contribution in [0.1, 0.15) is 23.0 Å². The average Bonchev–Trinajstić information content (AvgIpc) is 3.05. The number of halogens is 2. The van der Waals surface area contributed by atoms with Gasteiger partial charge in [-0.3, -0.25) is 4.79 Å². The lowest BCUT2D eigenvalue weighted by molar-refractivity contribution is 0.102. The van der Waals surface area contributed by atoms with E-state index in [9.17, 15) is 4.79 Å². The molecule has 0 spiro atoms. The molecule has 0 bridgehead atoms. The molecule has 0 unspecified atom stereocenters. The number of aromatic nitrogens is 1. The SMILES string of the molecule is CCOc1ccc(NC(=O)c2c(-c3cc(Cl)c(OC)c(Cl)c3)noc2C)cc1. The molecule has 0 saturated carbocycles. The lowest BCUT2D eigenvalue weighted by atomic mass is 10.1. The molecule has 3 rings (SSSR count). The molecule has 2 aromatic carbocycles. The first-order valence-electron chi connectivity index (χ1n) is 8.48. The summed E-state index contributed by atoms with van der Waals surface area (Å²) in [6, 6.07) is 10.3. The minimum absolute atomic E-state index is 0.297. The van der Waals surface area contributed by atoms with E-state index < -0.39 is 0 Å². The average molecular weight is 421 g/mol. The smallest absolute Gasteiger partial charge is 0.261 e. The number of ether oxygens (including phenoxy) is 2. The number of nitrogens with zero attached hydrogens (tertiary/aromatic N) is 1. The molecule has 1 aromatic heterocycles. The Bertz CT molecular complexity index is 977. The van der Waals surface area contributed by atoms with Crippen LogP contribution in [0, 0.1) is 6.92 Å². The van der Waals surface area contributed by atoms with Gasteiger partial charge < -0.3 is 19.3 Å². The summed E-state index contributed by atoms with van der Waals surface area (Å²) in [5, 5.41) is 7.46. The Kier molecular flexibility index (Phi) is 6.11. The van der Waals surface area contributed by atoms with Gasteiger partial charge in [-0.1, -0.05) is 28.4 Å². The molecule has 6 nitrogen and oxygen atoms in total. The number of benzene rings is 2. The second-order valence-corrected chi connectivity index (χ2v) is 6.66. The molecule has 0 aliphatic heterocycles. The Morgan fingerprint density at radius 2 is 1.82 bits per heavy atom. The number of amides is 1. The van der Waals surface area contributed by atoms with E-state index in [1.807, 2.05) is 6.92 Å². The Morgan fingerprint density at radius 3 is 2.39 bits per heavy atom. The fraction of sp³-hybridized carbons (Fsp3) is 0.200. The lowest BCUT2D eigenvalue weighted by Crippen LogP contribution is -2.13. The van der Waals surface area contributed by atoms with E-state index in [1.165, 1.54) is 7.11 Å². The van der Waals surface area contributed by atoms with E-state index in [-0.39, 0.29) is 5.91 Å². The van der Waals surface area contributed by atoms with Gasteiger partial charge in [0, 0.05) is 11.3 Å². The third-order valence-electron chi connectivity index (χ3n) is 3.99. The van der Waals surface area contributed by atoms with Crippen molar-refractivity contribution in [1.82, 2.24) is 5.16 Å². The van der Waals surface area contributed by atoms with Crippen LogP contribution in [0.3, 0.4) is 0 Å². The summed E-state index contributed by atoms with van der Waals surface area (Å²) in [4.78, 5) is 12.9. The number of nitrogens with one attached hydrogen (secondary N) is 1. The van der Waals surface area contributed by atoms with Crippen molar-refractivity contribution < 1.29 is 18.8 Å². The zero-order valence-electron chi connectivity index (χ0n) is 15.5. The van der Waals surface area contributed by atoms with E-state index in [4.69, 9.17) is 37.2 Å². The van der Waals surface area contributed by atoms with Gasteiger partial charge in [0.2, 0.25) is 0 Å². The number of hydrogen-bond donors (Lipinski definition) is 1. The molecule has 0 fully saturated rings. The predicted molar refractivity (Wildman–Crippen MR) is 109 cm³/mol. The lowest BCUT2D eigenvalue weighted by Gasteiger charge is -2.09. The predicted octanol–water partition coefficient (Wildman–Crippen LogP) is 5.62. The van der Waals surface area contributed by atoms with Crippen LogP contribution in [0.4, 0.5) is 5.69 Å². The van der Waals surface area contributed by atoms with E-state index in [2.05, 4.69) is 10.5 Å².